The minimum atomic E-state index is -1.08. The average Bonchev–Trinajstić information content (AvgIpc) is 2.60. The monoisotopic (exact) mass is 303 g/mol. The second kappa shape index (κ2) is 5.14. The molecule has 1 heterocycles. The predicted molar refractivity (Wildman–Crippen MR) is 71.7 cm³/mol. The SMILES string of the molecule is O=C(O)Cn1c(-c2ccc(Cl)cc2Cl)csc1=O. The zero-order valence-corrected chi connectivity index (χ0v) is 11.2. The molecule has 18 heavy (non-hydrogen) atoms. The van der Waals surface area contributed by atoms with Gasteiger partial charge < -0.3 is 5.11 Å². The van der Waals surface area contributed by atoms with Gasteiger partial charge >= 0.3 is 10.8 Å². The molecular weight excluding hydrogens is 297 g/mol. The average molecular weight is 304 g/mol. The normalized spacial score (nSPS) is 10.6. The number of rotatable bonds is 3. The first-order valence-corrected chi connectivity index (χ1v) is 6.48. The number of thiazole rings is 1. The van der Waals surface area contributed by atoms with E-state index in [1.54, 1.807) is 23.6 Å². The predicted octanol–water partition coefficient (Wildman–Crippen LogP) is 2.97. The first kappa shape index (κ1) is 13.1. The van der Waals surface area contributed by atoms with Crippen LogP contribution in [0.25, 0.3) is 11.3 Å². The van der Waals surface area contributed by atoms with Gasteiger partial charge in [0.05, 0.1) is 10.7 Å². The highest BCUT2D eigenvalue weighted by atomic mass is 35.5. The summed E-state index contributed by atoms with van der Waals surface area (Å²) < 4.78 is 1.17. The molecule has 0 bridgehead atoms. The van der Waals surface area contributed by atoms with Gasteiger partial charge in [-0.05, 0) is 18.2 Å². The minimum Gasteiger partial charge on any atom is -0.480 e. The Morgan fingerprint density at radius 1 is 1.39 bits per heavy atom. The van der Waals surface area contributed by atoms with Crippen molar-refractivity contribution in [1.82, 2.24) is 4.57 Å². The Labute approximate surface area is 116 Å². The van der Waals surface area contributed by atoms with E-state index in [-0.39, 0.29) is 4.87 Å². The first-order valence-electron chi connectivity index (χ1n) is 4.84. The molecule has 0 aliphatic carbocycles. The van der Waals surface area contributed by atoms with Crippen LogP contribution in [0, 0.1) is 0 Å². The van der Waals surface area contributed by atoms with Gasteiger partial charge in [0.1, 0.15) is 6.54 Å². The fraction of sp³-hybridized carbons (Fsp3) is 0.0909. The Morgan fingerprint density at radius 2 is 2.11 bits per heavy atom. The molecule has 0 spiro atoms. The lowest BCUT2D eigenvalue weighted by molar-refractivity contribution is -0.137. The molecule has 0 saturated heterocycles. The van der Waals surface area contributed by atoms with Crippen molar-refractivity contribution in [3.63, 3.8) is 0 Å². The quantitative estimate of drug-likeness (QED) is 0.948. The van der Waals surface area contributed by atoms with Crippen LogP contribution in [0.15, 0.2) is 28.4 Å². The minimum absolute atomic E-state index is 0.335. The summed E-state index contributed by atoms with van der Waals surface area (Å²) in [4.78, 5) is 22.0. The summed E-state index contributed by atoms with van der Waals surface area (Å²) in [5.41, 5.74) is 1.06. The molecule has 94 valence electrons. The summed E-state index contributed by atoms with van der Waals surface area (Å²) in [6, 6.07) is 4.84. The van der Waals surface area contributed by atoms with Gasteiger partial charge in [0.25, 0.3) is 0 Å². The molecule has 0 unspecified atom stereocenters. The van der Waals surface area contributed by atoms with Crippen molar-refractivity contribution in [2.24, 2.45) is 0 Å². The zero-order valence-electron chi connectivity index (χ0n) is 8.89. The van der Waals surface area contributed by atoms with E-state index in [0.29, 0.717) is 21.3 Å². The van der Waals surface area contributed by atoms with E-state index in [4.69, 9.17) is 28.3 Å². The van der Waals surface area contributed by atoms with Crippen LogP contribution in [0.4, 0.5) is 0 Å². The van der Waals surface area contributed by atoms with Gasteiger partial charge in [0.2, 0.25) is 0 Å². The number of aliphatic carboxylic acids is 1. The molecule has 0 radical (unpaired) electrons. The van der Waals surface area contributed by atoms with E-state index in [9.17, 15) is 9.59 Å². The molecule has 1 aromatic carbocycles. The maximum Gasteiger partial charge on any atom is 0.323 e. The molecule has 2 aromatic rings. The second-order valence-corrected chi connectivity index (χ2v) is 5.16. The lowest BCUT2D eigenvalue weighted by Crippen LogP contribution is -2.19. The van der Waals surface area contributed by atoms with Crippen molar-refractivity contribution in [1.29, 1.82) is 0 Å². The van der Waals surface area contributed by atoms with Crippen molar-refractivity contribution in [3.05, 3.63) is 43.3 Å². The molecule has 0 atom stereocenters. The summed E-state index contributed by atoms with van der Waals surface area (Å²) in [6.07, 6.45) is 0. The molecule has 0 saturated carbocycles. The highest BCUT2D eigenvalue weighted by molar-refractivity contribution is 7.07. The van der Waals surface area contributed by atoms with Crippen LogP contribution in [-0.4, -0.2) is 15.6 Å². The van der Waals surface area contributed by atoms with E-state index in [1.165, 1.54) is 4.57 Å². The lowest BCUT2D eigenvalue weighted by atomic mass is 10.1. The molecule has 0 fully saturated rings. The van der Waals surface area contributed by atoms with E-state index in [2.05, 4.69) is 0 Å². The zero-order chi connectivity index (χ0) is 13.3. The molecule has 0 aliphatic rings. The smallest absolute Gasteiger partial charge is 0.323 e. The molecule has 2 rings (SSSR count). The van der Waals surface area contributed by atoms with E-state index in [1.807, 2.05) is 0 Å². The van der Waals surface area contributed by atoms with Crippen LogP contribution in [0.2, 0.25) is 10.0 Å². The van der Waals surface area contributed by atoms with Gasteiger partial charge in [-0.2, -0.15) is 0 Å². The van der Waals surface area contributed by atoms with Crippen molar-refractivity contribution in [2.75, 3.05) is 0 Å². The Bertz CT molecular complexity index is 663. The highest BCUT2D eigenvalue weighted by Crippen LogP contribution is 2.30. The van der Waals surface area contributed by atoms with Gasteiger partial charge in [-0.3, -0.25) is 14.2 Å². The number of hydrogen-bond donors (Lipinski definition) is 1. The van der Waals surface area contributed by atoms with Crippen LogP contribution in [-0.2, 0) is 11.3 Å². The molecule has 7 heteroatoms. The summed E-state index contributed by atoms with van der Waals surface area (Å²) in [5.74, 6) is -1.08. The van der Waals surface area contributed by atoms with Crippen LogP contribution in [0.1, 0.15) is 0 Å². The molecule has 1 N–H and O–H groups in total. The summed E-state index contributed by atoms with van der Waals surface area (Å²) >= 11 is 12.8. The maximum absolute atomic E-state index is 11.6. The Hall–Kier alpha value is -1.30. The van der Waals surface area contributed by atoms with Crippen molar-refractivity contribution in [2.45, 2.75) is 6.54 Å². The van der Waals surface area contributed by atoms with Gasteiger partial charge in [-0.1, -0.05) is 34.5 Å². The van der Waals surface area contributed by atoms with Gasteiger partial charge in [-0.15, -0.1) is 0 Å². The topological polar surface area (TPSA) is 59.3 Å². The van der Waals surface area contributed by atoms with Gasteiger partial charge in [0, 0.05) is 16.0 Å². The van der Waals surface area contributed by atoms with E-state index < -0.39 is 12.5 Å². The standard InChI is InChI=1S/C11H7Cl2NO3S/c12-6-1-2-7(8(13)3-6)9-5-18-11(17)14(9)4-10(15)16/h1-3,5H,4H2,(H,15,16). The first-order chi connectivity index (χ1) is 8.49. The third kappa shape index (κ3) is 2.58. The molecular formula is C11H7Cl2NO3S. The van der Waals surface area contributed by atoms with Crippen molar-refractivity contribution in [3.8, 4) is 11.3 Å². The second-order valence-electron chi connectivity index (χ2n) is 3.49. The number of halogens is 2. The maximum atomic E-state index is 11.6. The summed E-state index contributed by atoms with van der Waals surface area (Å²) in [6.45, 7) is -0.392. The fourth-order valence-electron chi connectivity index (χ4n) is 1.52. The van der Waals surface area contributed by atoms with E-state index >= 15 is 0 Å². The highest BCUT2D eigenvalue weighted by Gasteiger charge is 2.14. The van der Waals surface area contributed by atoms with Crippen molar-refractivity contribution < 1.29 is 9.90 Å². The molecule has 1 aromatic heterocycles. The fourth-order valence-corrected chi connectivity index (χ4v) is 2.78. The van der Waals surface area contributed by atoms with Gasteiger partial charge in [0.15, 0.2) is 0 Å². The third-order valence-electron chi connectivity index (χ3n) is 2.28. The molecule has 0 aliphatic heterocycles. The van der Waals surface area contributed by atoms with Crippen LogP contribution < -0.4 is 4.87 Å². The number of carbonyl (C=O) groups is 1. The van der Waals surface area contributed by atoms with Gasteiger partial charge in [-0.25, -0.2) is 0 Å². The number of carboxylic acids is 1. The number of hydrogen-bond acceptors (Lipinski definition) is 3. The Kier molecular flexibility index (Phi) is 3.75. The Morgan fingerprint density at radius 3 is 2.72 bits per heavy atom. The third-order valence-corrected chi connectivity index (χ3v) is 3.59. The number of nitrogens with zero attached hydrogens (tertiary/aromatic N) is 1. The lowest BCUT2D eigenvalue weighted by Gasteiger charge is -2.07. The van der Waals surface area contributed by atoms with Crippen molar-refractivity contribution >= 4 is 40.5 Å². The number of carboxylic acid groups (broad SMARTS) is 1. The molecule has 4 nitrogen and oxygen atoms in total. The largest absolute Gasteiger partial charge is 0.480 e. The van der Waals surface area contributed by atoms with Crippen LogP contribution >= 0.6 is 34.5 Å². The van der Waals surface area contributed by atoms with E-state index in [0.717, 1.165) is 11.3 Å². The van der Waals surface area contributed by atoms with Crippen LogP contribution in [0.5, 0.6) is 0 Å². The molecule has 0 amide bonds. The van der Waals surface area contributed by atoms with Crippen LogP contribution in [0.3, 0.4) is 0 Å². The summed E-state index contributed by atoms with van der Waals surface area (Å²) in [7, 11) is 0. The Balaban J connectivity index is 2.57. The number of benzene rings is 1. The number of aromatic nitrogens is 1. The summed E-state index contributed by atoms with van der Waals surface area (Å²) in [5, 5.41) is 11.2.